The highest BCUT2D eigenvalue weighted by molar-refractivity contribution is 5.76. The number of amides is 1. The summed E-state index contributed by atoms with van der Waals surface area (Å²) in [6.45, 7) is 0.685. The van der Waals surface area contributed by atoms with E-state index in [1.54, 1.807) is 11.1 Å². The molecule has 3 N–H and O–H groups in total. The highest BCUT2D eigenvalue weighted by Gasteiger charge is 2.38. The Morgan fingerprint density at radius 3 is 2.69 bits per heavy atom. The molecule has 1 aromatic heterocycles. The van der Waals surface area contributed by atoms with Crippen LogP contribution >= 0.6 is 0 Å². The van der Waals surface area contributed by atoms with Crippen molar-refractivity contribution < 1.29 is 24.9 Å². The molecule has 158 valence electrons. The van der Waals surface area contributed by atoms with E-state index in [0.29, 0.717) is 30.7 Å². The van der Waals surface area contributed by atoms with E-state index in [2.05, 4.69) is 10.3 Å². The molecule has 0 bridgehead atoms. The molecule has 1 fully saturated rings. The summed E-state index contributed by atoms with van der Waals surface area (Å²) >= 11 is 0. The summed E-state index contributed by atoms with van der Waals surface area (Å²) in [5.41, 5.74) is 0.586. The molecule has 1 aliphatic heterocycles. The van der Waals surface area contributed by atoms with Gasteiger partial charge in [0.25, 0.3) is 0 Å². The third-order valence-corrected chi connectivity index (χ3v) is 5.03. The molecule has 1 aromatic carbocycles. The van der Waals surface area contributed by atoms with E-state index in [1.165, 1.54) is 4.68 Å². The van der Waals surface area contributed by atoms with Crippen LogP contribution in [0.3, 0.4) is 0 Å². The summed E-state index contributed by atoms with van der Waals surface area (Å²) < 4.78 is 7.14. The minimum Gasteiger partial charge on any atom is -0.487 e. The van der Waals surface area contributed by atoms with Gasteiger partial charge in [-0.15, -0.1) is 5.10 Å². The van der Waals surface area contributed by atoms with Crippen LogP contribution in [0, 0.1) is 0 Å². The lowest BCUT2D eigenvalue weighted by Crippen LogP contribution is -2.54. The number of ether oxygens (including phenoxy) is 1. The van der Waals surface area contributed by atoms with Crippen molar-refractivity contribution in [3.63, 3.8) is 0 Å². The Bertz CT molecular complexity index is 769. The third-order valence-electron chi connectivity index (χ3n) is 5.03. The van der Waals surface area contributed by atoms with Crippen molar-refractivity contribution in [3.05, 3.63) is 42.2 Å². The Morgan fingerprint density at radius 1 is 1.14 bits per heavy atom. The van der Waals surface area contributed by atoms with Gasteiger partial charge < -0.3 is 25.0 Å². The van der Waals surface area contributed by atoms with Crippen LogP contribution in [0.5, 0.6) is 5.75 Å². The number of piperidine rings is 1. The van der Waals surface area contributed by atoms with Crippen molar-refractivity contribution in [1.82, 2.24) is 19.9 Å². The van der Waals surface area contributed by atoms with Crippen LogP contribution in [0.2, 0.25) is 0 Å². The topological polar surface area (TPSA) is 121 Å². The van der Waals surface area contributed by atoms with Gasteiger partial charge in [-0.1, -0.05) is 29.8 Å². The van der Waals surface area contributed by atoms with Gasteiger partial charge in [0.1, 0.15) is 24.2 Å². The molecule has 3 atom stereocenters. The maximum Gasteiger partial charge on any atom is 0.222 e. The van der Waals surface area contributed by atoms with Gasteiger partial charge in [0.15, 0.2) is 0 Å². The molecule has 9 nitrogen and oxygen atoms in total. The number of nitrogens with zero attached hydrogens (tertiary/aromatic N) is 4. The molecule has 0 saturated carbocycles. The summed E-state index contributed by atoms with van der Waals surface area (Å²) in [5.74, 6) is 0.639. The molecule has 1 saturated heterocycles. The average molecular weight is 404 g/mol. The predicted octanol–water partition coefficient (Wildman–Crippen LogP) is 0.515. The number of hydrogen-bond donors (Lipinski definition) is 3. The van der Waals surface area contributed by atoms with E-state index in [0.717, 1.165) is 6.42 Å². The van der Waals surface area contributed by atoms with Crippen LogP contribution < -0.4 is 4.74 Å². The number of hydrogen-bond acceptors (Lipinski definition) is 7. The Hall–Kier alpha value is -2.49. The van der Waals surface area contributed by atoms with Gasteiger partial charge in [-0.2, -0.15) is 0 Å². The SMILES string of the molecule is O=C(CCCCCO)N1C[C@H](O)[C@H](O)[C@@H](n2cc(COc3ccccc3)nn2)C1. The molecular weight excluding hydrogens is 376 g/mol. The summed E-state index contributed by atoms with van der Waals surface area (Å²) in [6, 6.07) is 8.75. The second-order valence-corrected chi connectivity index (χ2v) is 7.25. The Balaban J connectivity index is 1.59. The number of aliphatic hydroxyl groups is 3. The number of benzene rings is 1. The molecule has 0 aliphatic carbocycles. The van der Waals surface area contributed by atoms with Crippen molar-refractivity contribution in [2.75, 3.05) is 19.7 Å². The van der Waals surface area contributed by atoms with Gasteiger partial charge in [0.05, 0.1) is 18.3 Å². The molecule has 0 spiro atoms. The van der Waals surface area contributed by atoms with Crippen molar-refractivity contribution in [2.45, 2.75) is 50.5 Å². The van der Waals surface area contributed by atoms with Crippen LogP contribution in [0.25, 0.3) is 0 Å². The third kappa shape index (κ3) is 5.75. The molecule has 9 heteroatoms. The Labute approximate surface area is 169 Å². The zero-order valence-corrected chi connectivity index (χ0v) is 16.3. The Kier molecular flexibility index (Phi) is 7.56. The summed E-state index contributed by atoms with van der Waals surface area (Å²) in [6.07, 6.45) is 2.05. The van der Waals surface area contributed by atoms with Crippen molar-refractivity contribution in [3.8, 4) is 5.75 Å². The number of rotatable bonds is 9. The first kappa shape index (κ1) is 21.2. The number of carbonyl (C=O) groups excluding carboxylic acids is 1. The van der Waals surface area contributed by atoms with Crippen LogP contribution in [-0.4, -0.2) is 73.0 Å². The monoisotopic (exact) mass is 404 g/mol. The molecule has 1 aliphatic rings. The van der Waals surface area contributed by atoms with E-state index in [4.69, 9.17) is 9.84 Å². The van der Waals surface area contributed by atoms with E-state index in [1.807, 2.05) is 30.3 Å². The average Bonchev–Trinajstić information content (AvgIpc) is 3.21. The van der Waals surface area contributed by atoms with Crippen molar-refractivity contribution in [1.29, 1.82) is 0 Å². The maximum absolute atomic E-state index is 12.5. The van der Waals surface area contributed by atoms with Gasteiger partial charge in [-0.05, 0) is 25.0 Å². The molecule has 1 amide bonds. The number of β-amino-alcohol motifs (C(OH)–C–C–N with tert-alkyl or cyclic N) is 1. The van der Waals surface area contributed by atoms with Gasteiger partial charge in [0.2, 0.25) is 5.91 Å². The number of likely N-dealkylation sites (tertiary alicyclic amines) is 1. The fourth-order valence-corrected chi connectivity index (χ4v) is 3.38. The summed E-state index contributed by atoms with van der Waals surface area (Å²) in [5, 5.41) is 37.6. The van der Waals surface area contributed by atoms with E-state index in [9.17, 15) is 15.0 Å². The Morgan fingerprint density at radius 2 is 1.93 bits per heavy atom. The lowest BCUT2D eigenvalue weighted by Gasteiger charge is -2.39. The molecular formula is C20H28N4O5. The molecule has 3 rings (SSSR count). The molecule has 29 heavy (non-hydrogen) atoms. The first-order valence-corrected chi connectivity index (χ1v) is 9.92. The largest absolute Gasteiger partial charge is 0.487 e. The summed E-state index contributed by atoms with van der Waals surface area (Å²) in [4.78, 5) is 14.0. The maximum atomic E-state index is 12.5. The lowest BCUT2D eigenvalue weighted by molar-refractivity contribution is -0.141. The summed E-state index contributed by atoms with van der Waals surface area (Å²) in [7, 11) is 0. The standard InChI is InChI=1S/C20H28N4O5/c25-10-6-2-5-9-19(27)23-12-17(20(28)18(26)13-23)24-11-15(21-22-24)14-29-16-7-3-1-4-8-16/h1,3-4,7-8,11,17-18,20,25-26,28H,2,5-6,9-10,12-14H2/t17-,18-,20+/m0/s1. The van der Waals surface area contributed by atoms with Crippen LogP contribution in [0.1, 0.15) is 37.4 Å². The van der Waals surface area contributed by atoms with E-state index < -0.39 is 18.2 Å². The van der Waals surface area contributed by atoms with Gasteiger partial charge >= 0.3 is 0 Å². The number of aromatic nitrogens is 3. The van der Waals surface area contributed by atoms with E-state index >= 15 is 0 Å². The van der Waals surface area contributed by atoms with Crippen LogP contribution in [-0.2, 0) is 11.4 Å². The number of para-hydroxylation sites is 1. The number of carbonyl (C=O) groups is 1. The first-order chi connectivity index (χ1) is 14.1. The second-order valence-electron chi connectivity index (χ2n) is 7.25. The van der Waals surface area contributed by atoms with Gasteiger partial charge in [0, 0.05) is 26.1 Å². The van der Waals surface area contributed by atoms with Gasteiger partial charge in [-0.25, -0.2) is 4.68 Å². The van der Waals surface area contributed by atoms with Crippen LogP contribution in [0.4, 0.5) is 0 Å². The predicted molar refractivity (Wildman–Crippen MR) is 104 cm³/mol. The smallest absolute Gasteiger partial charge is 0.222 e. The van der Waals surface area contributed by atoms with Gasteiger partial charge in [-0.3, -0.25) is 4.79 Å². The zero-order chi connectivity index (χ0) is 20.6. The van der Waals surface area contributed by atoms with Crippen molar-refractivity contribution >= 4 is 5.91 Å². The molecule has 2 heterocycles. The number of aliphatic hydroxyl groups excluding tert-OH is 3. The normalized spacial score (nSPS) is 21.9. The fourth-order valence-electron chi connectivity index (χ4n) is 3.38. The lowest BCUT2D eigenvalue weighted by atomic mass is 9.99. The molecule has 0 unspecified atom stereocenters. The highest BCUT2D eigenvalue weighted by atomic mass is 16.5. The number of unbranched alkanes of at least 4 members (excludes halogenated alkanes) is 2. The minimum absolute atomic E-state index is 0.0772. The minimum atomic E-state index is -1.05. The van der Waals surface area contributed by atoms with Crippen molar-refractivity contribution in [2.24, 2.45) is 0 Å². The van der Waals surface area contributed by atoms with E-state index in [-0.39, 0.29) is 32.2 Å². The quantitative estimate of drug-likeness (QED) is 0.521. The molecule has 0 radical (unpaired) electrons. The van der Waals surface area contributed by atoms with Crippen LogP contribution in [0.15, 0.2) is 36.5 Å². The second kappa shape index (κ2) is 10.3. The first-order valence-electron chi connectivity index (χ1n) is 9.92. The fraction of sp³-hybridized carbons (Fsp3) is 0.550. The zero-order valence-electron chi connectivity index (χ0n) is 16.3. The highest BCUT2D eigenvalue weighted by Crippen LogP contribution is 2.23. The molecule has 2 aromatic rings.